The standard InChI is InChI=1S/2C14H12N2.4C13H10N2.6C4H10/c1-9-7-8-11-10(2)16-13-6-4-3-5-12(13)14(11)15-9;1-9-7-8-13-14(15-9)12-6-4-3-5-11(12)10(2)16-13;1-9-4-5-10-6-7-12-11(13(10)15-9)3-2-8-14-12;1-9-10-6-4-8-14-13(10)11-5-2-3-7-12(11)15-9;1-9-10-5-2-3-6-11(10)13-12(15-9)7-4-8-14-13;1-9-6-7-10-8-14-12-5-3-2-4-11(12)13(10)15-9;6*1-4(2)3/h2*3-8H,1-2H3;4*2-8H,1H3;6*4H,1-3H3. The first-order valence-electron chi connectivity index (χ1n) is 41.0. The third-order valence-electron chi connectivity index (χ3n) is 16.2. The average Bonchev–Trinajstić information content (AvgIpc) is 0.682. The molecule has 0 amide bonds. The Bertz CT molecular complexity index is 5830. The Morgan fingerprint density at radius 2 is 0.440 bits per heavy atom. The minimum absolute atomic E-state index is 0.833. The summed E-state index contributed by atoms with van der Waals surface area (Å²) in [6.45, 7) is 55.2. The van der Waals surface area contributed by atoms with Crippen molar-refractivity contribution in [2.24, 2.45) is 35.5 Å². The molecular weight excluding hydrogens is 1420 g/mol. The van der Waals surface area contributed by atoms with Gasteiger partial charge in [0.25, 0.3) is 0 Å². The van der Waals surface area contributed by atoms with Crippen LogP contribution < -0.4 is 0 Å². The van der Waals surface area contributed by atoms with E-state index < -0.39 is 0 Å². The summed E-state index contributed by atoms with van der Waals surface area (Å²) in [5, 5.41) is 13.8. The van der Waals surface area contributed by atoms with E-state index in [1.807, 2.05) is 220 Å². The lowest BCUT2D eigenvalue weighted by Crippen LogP contribution is -1.91. The van der Waals surface area contributed by atoms with Crippen LogP contribution in [-0.2, 0) is 0 Å². The van der Waals surface area contributed by atoms with E-state index >= 15 is 0 Å². The van der Waals surface area contributed by atoms with Crippen LogP contribution in [0.3, 0.4) is 0 Å². The van der Waals surface area contributed by atoms with Crippen LogP contribution >= 0.6 is 0 Å². The predicted octanol–water partition coefficient (Wildman–Crippen LogP) is 29.1. The van der Waals surface area contributed by atoms with Crippen LogP contribution in [0.25, 0.3) is 131 Å². The van der Waals surface area contributed by atoms with E-state index in [2.05, 4.69) is 263 Å². The third kappa shape index (κ3) is 27.8. The summed E-state index contributed by atoms with van der Waals surface area (Å²) in [5.41, 5.74) is 20.5. The molecule has 0 saturated heterocycles. The second kappa shape index (κ2) is 45.4. The highest BCUT2D eigenvalue weighted by atomic mass is 14.8. The van der Waals surface area contributed by atoms with Gasteiger partial charge in [0, 0.05) is 135 Å². The predicted molar refractivity (Wildman–Crippen MR) is 503 cm³/mol. The van der Waals surface area contributed by atoms with Crippen LogP contribution in [0.2, 0.25) is 0 Å². The molecule has 0 bridgehead atoms. The monoisotopic (exact) mass is 1540 g/mol. The molecule has 600 valence electrons. The van der Waals surface area contributed by atoms with Crippen LogP contribution in [-0.4, -0.2) is 59.8 Å². The molecule has 0 atom stereocenters. The van der Waals surface area contributed by atoms with Crippen molar-refractivity contribution >= 4 is 131 Å². The zero-order valence-electron chi connectivity index (χ0n) is 73.9. The summed E-state index contributed by atoms with van der Waals surface area (Å²) in [5.74, 6) is 5.00. The van der Waals surface area contributed by atoms with Crippen molar-refractivity contribution in [2.45, 2.75) is 180 Å². The molecule has 6 aromatic carbocycles. The second-order valence-corrected chi connectivity index (χ2v) is 33.1. The molecule has 116 heavy (non-hydrogen) atoms. The van der Waals surface area contributed by atoms with Crippen molar-refractivity contribution < 1.29 is 0 Å². The highest BCUT2D eigenvalue weighted by Crippen LogP contribution is 2.30. The maximum absolute atomic E-state index is 4.62. The maximum Gasteiger partial charge on any atom is 0.0968 e. The number of benzene rings is 6. The van der Waals surface area contributed by atoms with Gasteiger partial charge in [-0.25, -0.2) is 0 Å². The molecule has 12 aromatic heterocycles. The average molecular weight is 1540 g/mol. The molecule has 0 N–H and O–H groups in total. The Morgan fingerprint density at radius 1 is 0.172 bits per heavy atom. The number of para-hydroxylation sites is 3. The molecule has 0 aliphatic rings. The van der Waals surface area contributed by atoms with Crippen molar-refractivity contribution in [3.05, 3.63) is 289 Å². The molecule has 18 rings (SSSR count). The third-order valence-corrected chi connectivity index (χ3v) is 16.2. The van der Waals surface area contributed by atoms with Crippen molar-refractivity contribution in [1.29, 1.82) is 0 Å². The number of aryl methyl sites for hydroxylation is 8. The van der Waals surface area contributed by atoms with Crippen molar-refractivity contribution in [3.63, 3.8) is 0 Å². The van der Waals surface area contributed by atoms with Gasteiger partial charge < -0.3 is 0 Å². The van der Waals surface area contributed by atoms with E-state index in [1.165, 1.54) is 26.9 Å². The van der Waals surface area contributed by atoms with Crippen LogP contribution in [0.4, 0.5) is 0 Å². The van der Waals surface area contributed by atoms with Gasteiger partial charge >= 0.3 is 0 Å². The SMILES string of the molecule is CC(C)C.CC(C)C.CC(C)C.CC(C)C.CC(C)C.CC(C)C.Cc1ccc2c(C)nc3ccccc3c2n1.Cc1ccc2ccc3ncccc3c2n1.Cc1ccc2cnc3ccccc3c2n1.Cc1ccc2nc(C)c3ccccc3c2n1.Cc1nc2ccccc2c2ncccc12.Cc1nc2cccnc2c2ccccc12. The van der Waals surface area contributed by atoms with Gasteiger partial charge in [0.2, 0.25) is 0 Å². The van der Waals surface area contributed by atoms with Crippen molar-refractivity contribution in [3.8, 4) is 0 Å². The highest BCUT2D eigenvalue weighted by molar-refractivity contribution is 6.08. The van der Waals surface area contributed by atoms with Crippen LogP contribution in [0.15, 0.2) is 243 Å². The van der Waals surface area contributed by atoms with Crippen LogP contribution in [0.5, 0.6) is 0 Å². The fraction of sp³-hybridized carbons (Fsp3) is 0.308. The van der Waals surface area contributed by atoms with Gasteiger partial charge in [-0.15, -0.1) is 0 Å². The molecule has 0 saturated carbocycles. The van der Waals surface area contributed by atoms with Gasteiger partial charge in [-0.1, -0.05) is 240 Å². The van der Waals surface area contributed by atoms with Gasteiger partial charge in [-0.3, -0.25) is 59.8 Å². The van der Waals surface area contributed by atoms with E-state index in [0.717, 1.165) is 185 Å². The fourth-order valence-corrected chi connectivity index (χ4v) is 11.7. The minimum atomic E-state index is 0.833. The summed E-state index contributed by atoms with van der Waals surface area (Å²) in [7, 11) is 0. The lowest BCUT2D eigenvalue weighted by Gasteiger charge is -2.06. The van der Waals surface area contributed by atoms with Crippen molar-refractivity contribution in [2.75, 3.05) is 0 Å². The Labute approximate surface area is 690 Å². The number of nitrogens with zero attached hydrogens (tertiary/aromatic N) is 12. The Balaban J connectivity index is 0.000000182. The molecule has 0 aliphatic heterocycles. The number of hydrogen-bond donors (Lipinski definition) is 0. The molecule has 0 unspecified atom stereocenters. The Morgan fingerprint density at radius 3 is 0.931 bits per heavy atom. The zero-order chi connectivity index (χ0) is 84.7. The van der Waals surface area contributed by atoms with E-state index in [-0.39, 0.29) is 0 Å². The normalized spacial score (nSPS) is 10.6. The van der Waals surface area contributed by atoms with Crippen molar-refractivity contribution in [1.82, 2.24) is 59.8 Å². The largest absolute Gasteiger partial charge is 0.256 e. The number of fused-ring (bicyclic) bond motifs is 18. The topological polar surface area (TPSA) is 155 Å². The minimum Gasteiger partial charge on any atom is -0.256 e. The van der Waals surface area contributed by atoms with E-state index in [0.29, 0.717) is 0 Å². The summed E-state index contributed by atoms with van der Waals surface area (Å²) in [6, 6.07) is 73.4. The van der Waals surface area contributed by atoms with Gasteiger partial charge in [-0.2, -0.15) is 0 Å². The van der Waals surface area contributed by atoms with Crippen LogP contribution in [0.1, 0.15) is 170 Å². The van der Waals surface area contributed by atoms with E-state index in [4.69, 9.17) is 0 Å². The first kappa shape index (κ1) is 91.4. The first-order chi connectivity index (χ1) is 55.3. The summed E-state index contributed by atoms with van der Waals surface area (Å²) in [6.07, 6.45) is 7.33. The fourth-order valence-electron chi connectivity index (χ4n) is 11.7. The van der Waals surface area contributed by atoms with Gasteiger partial charge in [-0.05, 0) is 194 Å². The summed E-state index contributed by atoms with van der Waals surface area (Å²) >= 11 is 0. The number of aromatic nitrogens is 12. The molecule has 0 fully saturated rings. The molecule has 0 aliphatic carbocycles. The molecule has 0 radical (unpaired) electrons. The van der Waals surface area contributed by atoms with Crippen LogP contribution in [0, 0.1) is 90.9 Å². The number of pyridine rings is 12. The second-order valence-electron chi connectivity index (χ2n) is 33.1. The Hall–Kier alpha value is -11.8. The number of rotatable bonds is 0. The first-order valence-corrected chi connectivity index (χ1v) is 41.0. The molecular formula is C104H124N12. The van der Waals surface area contributed by atoms with E-state index in [9.17, 15) is 0 Å². The van der Waals surface area contributed by atoms with Gasteiger partial charge in [0.15, 0.2) is 0 Å². The molecule has 12 nitrogen and oxygen atoms in total. The molecule has 12 heterocycles. The lowest BCUT2D eigenvalue weighted by molar-refractivity contribution is 0.736. The molecule has 0 spiro atoms. The van der Waals surface area contributed by atoms with E-state index in [1.54, 1.807) is 0 Å². The quantitative estimate of drug-likeness (QED) is 0.133. The maximum atomic E-state index is 4.62. The Kier molecular flexibility index (Phi) is 35.8. The molecule has 18 aromatic rings. The molecule has 12 heteroatoms. The summed E-state index contributed by atoms with van der Waals surface area (Å²) < 4.78 is 0. The zero-order valence-corrected chi connectivity index (χ0v) is 73.9. The highest BCUT2D eigenvalue weighted by Gasteiger charge is 2.11. The van der Waals surface area contributed by atoms with Gasteiger partial charge in [0.1, 0.15) is 0 Å². The number of hydrogen-bond acceptors (Lipinski definition) is 12. The summed E-state index contributed by atoms with van der Waals surface area (Å²) in [4.78, 5) is 54.2. The smallest absolute Gasteiger partial charge is 0.0968 e. The van der Waals surface area contributed by atoms with Gasteiger partial charge in [0.05, 0.1) is 66.2 Å². The lowest BCUT2D eigenvalue weighted by atomic mass is 10.1.